The van der Waals surface area contributed by atoms with Gasteiger partial charge in [0.15, 0.2) is 0 Å². The molecule has 0 aliphatic carbocycles. The fraction of sp³-hybridized carbons (Fsp3) is 0.417. The van der Waals surface area contributed by atoms with Gasteiger partial charge in [0.2, 0.25) is 5.91 Å². The molecule has 2 aromatic rings. The number of nitrogens with one attached hydrogen (secondary N) is 1. The molecule has 0 unspecified atom stereocenters. The van der Waals surface area contributed by atoms with E-state index in [0.717, 1.165) is 30.4 Å². The highest BCUT2D eigenvalue weighted by Crippen LogP contribution is 2.09. The summed E-state index contributed by atoms with van der Waals surface area (Å²) in [6, 6.07) is 18.6. The van der Waals surface area contributed by atoms with Crippen molar-refractivity contribution in [2.75, 3.05) is 0 Å². The molecule has 150 valence electrons. The SMILES string of the molecule is CCCCCCCC(=O)N[C@@H](Cc1ccccc1)C(=O)OCc1ccccc1. The molecule has 0 aliphatic heterocycles. The summed E-state index contributed by atoms with van der Waals surface area (Å²) in [6.07, 6.45) is 6.29. The lowest BCUT2D eigenvalue weighted by Crippen LogP contribution is -2.43. The first-order valence-electron chi connectivity index (χ1n) is 10.2. The Morgan fingerprint density at radius 3 is 2.11 bits per heavy atom. The molecule has 0 saturated heterocycles. The maximum Gasteiger partial charge on any atom is 0.329 e. The number of hydrogen-bond acceptors (Lipinski definition) is 3. The Morgan fingerprint density at radius 1 is 0.857 bits per heavy atom. The maximum absolute atomic E-state index is 12.6. The van der Waals surface area contributed by atoms with E-state index in [4.69, 9.17) is 4.74 Å². The van der Waals surface area contributed by atoms with Crippen molar-refractivity contribution in [2.24, 2.45) is 0 Å². The largest absolute Gasteiger partial charge is 0.459 e. The molecule has 0 heterocycles. The van der Waals surface area contributed by atoms with Crippen molar-refractivity contribution in [3.8, 4) is 0 Å². The summed E-state index contributed by atoms with van der Waals surface area (Å²) < 4.78 is 5.47. The lowest BCUT2D eigenvalue weighted by molar-refractivity contribution is -0.149. The Bertz CT molecular complexity index is 700. The van der Waals surface area contributed by atoms with Gasteiger partial charge in [-0.25, -0.2) is 4.79 Å². The van der Waals surface area contributed by atoms with E-state index in [-0.39, 0.29) is 12.5 Å². The molecule has 2 aromatic carbocycles. The number of carbonyl (C=O) groups excluding carboxylic acids is 2. The van der Waals surface area contributed by atoms with Gasteiger partial charge in [0.05, 0.1) is 0 Å². The highest BCUT2D eigenvalue weighted by atomic mass is 16.5. The number of amides is 1. The summed E-state index contributed by atoms with van der Waals surface area (Å²) in [7, 11) is 0. The minimum absolute atomic E-state index is 0.0888. The van der Waals surface area contributed by atoms with Crippen molar-refractivity contribution in [2.45, 2.75) is 64.5 Å². The normalized spacial score (nSPS) is 11.6. The molecule has 28 heavy (non-hydrogen) atoms. The molecule has 0 saturated carbocycles. The van der Waals surface area contributed by atoms with E-state index in [1.54, 1.807) is 0 Å². The average molecular weight is 382 g/mol. The number of esters is 1. The van der Waals surface area contributed by atoms with E-state index >= 15 is 0 Å². The zero-order valence-electron chi connectivity index (χ0n) is 16.7. The third-order valence-corrected chi connectivity index (χ3v) is 4.63. The number of rotatable bonds is 12. The van der Waals surface area contributed by atoms with Crippen LogP contribution in [0, 0.1) is 0 Å². The molecule has 4 heteroatoms. The molecule has 4 nitrogen and oxygen atoms in total. The Kier molecular flexibility index (Phi) is 9.84. The number of unbranched alkanes of at least 4 members (excludes halogenated alkanes) is 4. The van der Waals surface area contributed by atoms with Crippen LogP contribution >= 0.6 is 0 Å². The summed E-state index contributed by atoms with van der Waals surface area (Å²) in [5, 5.41) is 2.88. The molecule has 0 aromatic heterocycles. The van der Waals surface area contributed by atoms with Gasteiger partial charge >= 0.3 is 5.97 Å². The van der Waals surface area contributed by atoms with Crippen LogP contribution in [0.4, 0.5) is 0 Å². The van der Waals surface area contributed by atoms with E-state index < -0.39 is 12.0 Å². The molecule has 1 amide bonds. The number of benzene rings is 2. The average Bonchev–Trinajstić information content (AvgIpc) is 2.73. The second-order valence-corrected chi connectivity index (χ2v) is 7.07. The van der Waals surface area contributed by atoms with E-state index in [9.17, 15) is 9.59 Å². The quantitative estimate of drug-likeness (QED) is 0.424. The summed E-state index contributed by atoms with van der Waals surface area (Å²) in [6.45, 7) is 2.37. The highest BCUT2D eigenvalue weighted by Gasteiger charge is 2.22. The molecule has 0 aliphatic rings. The molecule has 0 fully saturated rings. The van der Waals surface area contributed by atoms with Crippen molar-refractivity contribution in [3.05, 3.63) is 71.8 Å². The van der Waals surface area contributed by atoms with Crippen LogP contribution in [-0.4, -0.2) is 17.9 Å². The van der Waals surface area contributed by atoms with Gasteiger partial charge in [0.25, 0.3) is 0 Å². The van der Waals surface area contributed by atoms with E-state index in [0.29, 0.717) is 12.8 Å². The number of hydrogen-bond donors (Lipinski definition) is 1. The van der Waals surface area contributed by atoms with Crippen LogP contribution in [0.1, 0.15) is 56.6 Å². The topological polar surface area (TPSA) is 55.4 Å². The van der Waals surface area contributed by atoms with Crippen LogP contribution in [0.25, 0.3) is 0 Å². The first-order chi connectivity index (χ1) is 13.7. The first-order valence-corrected chi connectivity index (χ1v) is 10.2. The first kappa shape index (κ1) is 21.7. The summed E-state index contributed by atoms with van der Waals surface area (Å²) in [5.41, 5.74) is 1.92. The lowest BCUT2D eigenvalue weighted by atomic mass is 10.1. The standard InChI is InChI=1S/C24H31NO3/c1-2-3-4-5-12-17-23(26)25-22(18-20-13-8-6-9-14-20)24(27)28-19-21-15-10-7-11-16-21/h6-11,13-16,22H,2-5,12,17-19H2,1H3,(H,25,26)/t22-/m0/s1. The zero-order chi connectivity index (χ0) is 20.0. The Morgan fingerprint density at radius 2 is 1.46 bits per heavy atom. The van der Waals surface area contributed by atoms with Crippen LogP contribution in [-0.2, 0) is 27.4 Å². The van der Waals surface area contributed by atoms with Gasteiger partial charge < -0.3 is 10.1 Å². The summed E-state index contributed by atoms with van der Waals surface area (Å²) in [4.78, 5) is 25.0. The molecule has 0 bridgehead atoms. The van der Waals surface area contributed by atoms with Crippen molar-refractivity contribution in [1.29, 1.82) is 0 Å². The molecular formula is C24H31NO3. The van der Waals surface area contributed by atoms with Gasteiger partial charge in [-0.1, -0.05) is 93.3 Å². The second-order valence-electron chi connectivity index (χ2n) is 7.07. The van der Waals surface area contributed by atoms with Crippen molar-refractivity contribution in [1.82, 2.24) is 5.32 Å². The fourth-order valence-corrected chi connectivity index (χ4v) is 3.03. The third-order valence-electron chi connectivity index (χ3n) is 4.63. The van der Waals surface area contributed by atoms with Crippen LogP contribution in [0.2, 0.25) is 0 Å². The Labute approximate surface area is 168 Å². The monoisotopic (exact) mass is 381 g/mol. The highest BCUT2D eigenvalue weighted by molar-refractivity contribution is 5.84. The van der Waals surface area contributed by atoms with E-state index in [1.807, 2.05) is 60.7 Å². The molecule has 1 N–H and O–H groups in total. The van der Waals surface area contributed by atoms with Gasteiger partial charge in [-0.15, -0.1) is 0 Å². The predicted octanol–water partition coefficient (Wildman–Crippen LogP) is 4.82. The third kappa shape index (κ3) is 8.38. The molecule has 0 spiro atoms. The zero-order valence-corrected chi connectivity index (χ0v) is 16.7. The van der Waals surface area contributed by atoms with Crippen LogP contribution in [0.5, 0.6) is 0 Å². The van der Waals surface area contributed by atoms with Gasteiger partial charge in [-0.2, -0.15) is 0 Å². The second kappa shape index (κ2) is 12.7. The van der Waals surface area contributed by atoms with Crippen LogP contribution in [0.15, 0.2) is 60.7 Å². The van der Waals surface area contributed by atoms with E-state index in [1.165, 1.54) is 12.8 Å². The smallest absolute Gasteiger partial charge is 0.329 e. The van der Waals surface area contributed by atoms with Gasteiger partial charge in [-0.05, 0) is 17.5 Å². The molecular weight excluding hydrogens is 350 g/mol. The van der Waals surface area contributed by atoms with Crippen LogP contribution in [0.3, 0.4) is 0 Å². The van der Waals surface area contributed by atoms with Gasteiger partial charge in [-0.3, -0.25) is 4.79 Å². The minimum atomic E-state index is -0.672. The van der Waals surface area contributed by atoms with Gasteiger partial charge in [0, 0.05) is 12.8 Å². The maximum atomic E-state index is 12.6. The lowest BCUT2D eigenvalue weighted by Gasteiger charge is -2.18. The summed E-state index contributed by atoms with van der Waals surface area (Å²) >= 11 is 0. The number of carbonyl (C=O) groups is 2. The van der Waals surface area contributed by atoms with E-state index in [2.05, 4.69) is 12.2 Å². The number of ether oxygens (including phenoxy) is 1. The Balaban J connectivity index is 1.90. The van der Waals surface area contributed by atoms with Crippen molar-refractivity contribution < 1.29 is 14.3 Å². The van der Waals surface area contributed by atoms with Crippen LogP contribution < -0.4 is 5.32 Å². The predicted molar refractivity (Wildman–Crippen MR) is 112 cm³/mol. The van der Waals surface area contributed by atoms with Crippen molar-refractivity contribution >= 4 is 11.9 Å². The van der Waals surface area contributed by atoms with Crippen molar-refractivity contribution in [3.63, 3.8) is 0 Å². The minimum Gasteiger partial charge on any atom is -0.459 e. The molecule has 0 radical (unpaired) electrons. The summed E-state index contributed by atoms with van der Waals surface area (Å²) in [5.74, 6) is -0.485. The Hall–Kier alpha value is -2.62. The molecule has 1 atom stereocenters. The fourth-order valence-electron chi connectivity index (χ4n) is 3.03. The van der Waals surface area contributed by atoms with Gasteiger partial charge in [0.1, 0.15) is 12.6 Å². The molecule has 2 rings (SSSR count).